The summed E-state index contributed by atoms with van der Waals surface area (Å²) in [5.74, 6) is -37.1. The average Bonchev–Trinajstić information content (AvgIpc) is 2.96. The van der Waals surface area contributed by atoms with Gasteiger partial charge in [-0.25, -0.2) is 14.4 Å². The lowest BCUT2D eigenvalue weighted by atomic mass is 9.91. The molecule has 17 heteroatoms. The van der Waals surface area contributed by atoms with E-state index in [1.54, 1.807) is 12.1 Å². The maximum atomic E-state index is 14.5. The van der Waals surface area contributed by atoms with Gasteiger partial charge in [-0.15, -0.1) is 0 Å². The Bertz CT molecular complexity index is 1210. The number of hydrogen-bond acceptors (Lipinski definition) is 3. The van der Waals surface area contributed by atoms with Gasteiger partial charge in [0.05, 0.1) is 0 Å². The maximum absolute atomic E-state index is 14.5. The number of nitrogens with zero attached hydrogens (tertiary/aromatic N) is 2. The highest BCUT2D eigenvalue weighted by Crippen LogP contribution is 2.60. The van der Waals surface area contributed by atoms with Crippen molar-refractivity contribution in [1.29, 1.82) is 0 Å². The van der Waals surface area contributed by atoms with E-state index in [9.17, 15) is 61.5 Å². The second-order valence-corrected chi connectivity index (χ2v) is 10.4. The zero-order valence-corrected chi connectivity index (χ0v) is 23.7. The zero-order chi connectivity index (χ0) is 34.3. The van der Waals surface area contributed by atoms with E-state index < -0.39 is 61.4 Å². The standard InChI is InChI=1S/C28H30F14N2O/c1-2-3-4-5-6-7-9-18-16-19(22-43-14-8-15-44-22)10-11-21(18)45-17-20(29)12-13-23(30,31)24(32,33)25(34,35)26(36,37)27(38,39)28(40,41)42/h8,10-11,14-16,20H,2-7,9,12-13,17H2,1H3. The van der Waals surface area contributed by atoms with Crippen LogP contribution in [-0.4, -0.2) is 58.5 Å². The minimum absolute atomic E-state index is 0.0449. The zero-order valence-electron chi connectivity index (χ0n) is 23.7. The molecule has 256 valence electrons. The van der Waals surface area contributed by atoms with Gasteiger partial charge in [0.2, 0.25) is 0 Å². The smallest absolute Gasteiger partial charge is 0.460 e. The molecule has 0 amide bonds. The van der Waals surface area contributed by atoms with Crippen LogP contribution in [0.1, 0.15) is 63.9 Å². The number of rotatable bonds is 18. The summed E-state index contributed by atoms with van der Waals surface area (Å²) in [6, 6.07) is 6.05. The van der Waals surface area contributed by atoms with Gasteiger partial charge in [-0.2, -0.15) is 57.1 Å². The predicted molar refractivity (Wildman–Crippen MR) is 135 cm³/mol. The number of halogens is 14. The van der Waals surface area contributed by atoms with Crippen molar-refractivity contribution >= 4 is 0 Å². The molecule has 0 N–H and O–H groups in total. The molecule has 0 aliphatic rings. The topological polar surface area (TPSA) is 35.0 Å². The van der Waals surface area contributed by atoms with Crippen LogP contribution < -0.4 is 4.74 Å². The SMILES string of the molecule is CCCCCCCCc1cc(-c2ncccn2)ccc1OCC(F)CCC(F)(F)C(F)(F)C(F)(F)C(F)(F)C(F)(F)C(F)(F)F. The Kier molecular flexibility index (Phi) is 12.5. The van der Waals surface area contributed by atoms with Crippen molar-refractivity contribution in [2.75, 3.05) is 6.61 Å². The highest BCUT2D eigenvalue weighted by Gasteiger charge is 2.90. The van der Waals surface area contributed by atoms with Crippen LogP contribution in [0.4, 0.5) is 61.5 Å². The molecule has 0 bridgehead atoms. The highest BCUT2D eigenvalue weighted by molar-refractivity contribution is 5.58. The van der Waals surface area contributed by atoms with Crippen LogP contribution in [0.15, 0.2) is 36.7 Å². The Morgan fingerprint density at radius 3 is 1.84 bits per heavy atom. The van der Waals surface area contributed by atoms with Crippen molar-refractivity contribution in [2.45, 2.75) is 107 Å². The molecule has 1 heterocycles. The molecule has 45 heavy (non-hydrogen) atoms. The molecule has 1 aromatic heterocycles. The molecule has 1 atom stereocenters. The van der Waals surface area contributed by atoms with Crippen LogP contribution in [-0.2, 0) is 6.42 Å². The van der Waals surface area contributed by atoms with E-state index in [1.165, 1.54) is 24.5 Å². The van der Waals surface area contributed by atoms with Gasteiger partial charge in [0.15, 0.2) is 5.82 Å². The fraction of sp³-hybridized carbons (Fsp3) is 0.643. The van der Waals surface area contributed by atoms with E-state index in [4.69, 9.17) is 4.74 Å². The largest absolute Gasteiger partial charge is 0.490 e. The Hall–Kier alpha value is -2.88. The van der Waals surface area contributed by atoms with Crippen LogP contribution in [0.2, 0.25) is 0 Å². The van der Waals surface area contributed by atoms with Crippen LogP contribution in [0.5, 0.6) is 5.75 Å². The number of unbranched alkanes of at least 4 members (excludes halogenated alkanes) is 5. The first-order valence-corrected chi connectivity index (χ1v) is 13.8. The number of hydrogen-bond donors (Lipinski definition) is 0. The molecule has 3 nitrogen and oxygen atoms in total. The Balaban J connectivity index is 2.14. The first-order valence-electron chi connectivity index (χ1n) is 13.8. The van der Waals surface area contributed by atoms with Gasteiger partial charge in [0.25, 0.3) is 0 Å². The summed E-state index contributed by atoms with van der Waals surface area (Å²) in [5, 5.41) is 0. The van der Waals surface area contributed by atoms with Gasteiger partial charge in [-0.3, -0.25) is 0 Å². The summed E-state index contributed by atoms with van der Waals surface area (Å²) in [6.07, 6.45) is -5.63. The third-order valence-electron chi connectivity index (χ3n) is 6.87. The van der Waals surface area contributed by atoms with Crippen molar-refractivity contribution < 1.29 is 66.2 Å². The monoisotopic (exact) mass is 676 g/mol. The first kappa shape index (κ1) is 38.3. The molecule has 2 aromatic rings. The summed E-state index contributed by atoms with van der Waals surface area (Å²) in [5.41, 5.74) is 1.04. The van der Waals surface area contributed by atoms with Crippen molar-refractivity contribution in [1.82, 2.24) is 9.97 Å². The molecule has 0 fully saturated rings. The van der Waals surface area contributed by atoms with Crippen LogP contribution >= 0.6 is 0 Å². The average molecular weight is 677 g/mol. The number of aromatic nitrogens is 2. The number of aryl methyl sites for hydroxylation is 1. The van der Waals surface area contributed by atoms with Gasteiger partial charge < -0.3 is 4.74 Å². The molecule has 2 rings (SSSR count). The summed E-state index contributed by atoms with van der Waals surface area (Å²) in [6.45, 7) is 0.935. The van der Waals surface area contributed by atoms with E-state index >= 15 is 0 Å². The normalized spacial score (nSPS) is 14.5. The number of ether oxygens (including phenoxy) is 1. The summed E-state index contributed by atoms with van der Waals surface area (Å²) in [4.78, 5) is 8.21. The second kappa shape index (κ2) is 14.7. The summed E-state index contributed by atoms with van der Waals surface area (Å²) < 4.78 is 193. The molecule has 0 saturated heterocycles. The third kappa shape index (κ3) is 8.48. The van der Waals surface area contributed by atoms with Crippen LogP contribution in [0.25, 0.3) is 11.4 Å². The lowest BCUT2D eigenvalue weighted by molar-refractivity contribution is -0.440. The van der Waals surface area contributed by atoms with Gasteiger partial charge in [-0.05, 0) is 49.1 Å². The van der Waals surface area contributed by atoms with E-state index in [-0.39, 0.29) is 5.75 Å². The van der Waals surface area contributed by atoms with Gasteiger partial charge in [0, 0.05) is 24.4 Å². The fourth-order valence-electron chi connectivity index (χ4n) is 4.16. The Morgan fingerprint density at radius 1 is 0.711 bits per heavy atom. The van der Waals surface area contributed by atoms with Gasteiger partial charge >= 0.3 is 35.8 Å². The maximum Gasteiger partial charge on any atom is 0.460 e. The second-order valence-electron chi connectivity index (χ2n) is 10.4. The molecule has 0 radical (unpaired) electrons. The van der Waals surface area contributed by atoms with E-state index in [0.717, 1.165) is 32.1 Å². The molecule has 0 aliphatic carbocycles. The van der Waals surface area contributed by atoms with E-state index in [1.807, 2.05) is 6.92 Å². The van der Waals surface area contributed by atoms with Crippen LogP contribution in [0.3, 0.4) is 0 Å². The summed E-state index contributed by atoms with van der Waals surface area (Å²) >= 11 is 0. The molecule has 0 spiro atoms. The third-order valence-corrected chi connectivity index (χ3v) is 6.87. The Labute approximate surface area is 249 Å². The Morgan fingerprint density at radius 2 is 1.27 bits per heavy atom. The lowest BCUT2D eigenvalue weighted by Gasteiger charge is -2.39. The minimum atomic E-state index is -7.99. The summed E-state index contributed by atoms with van der Waals surface area (Å²) in [7, 11) is 0. The first-order chi connectivity index (χ1) is 20.6. The quantitative estimate of drug-likeness (QED) is 0.116. The molecule has 1 unspecified atom stereocenters. The van der Waals surface area contributed by atoms with Crippen molar-refractivity contribution in [3.63, 3.8) is 0 Å². The molecular formula is C28H30F14N2O. The molecule has 1 aromatic carbocycles. The lowest BCUT2D eigenvalue weighted by Crippen LogP contribution is -2.70. The van der Waals surface area contributed by atoms with Gasteiger partial charge in [0.1, 0.15) is 18.5 Å². The molecule has 0 aliphatic heterocycles. The van der Waals surface area contributed by atoms with Crippen molar-refractivity contribution in [3.8, 4) is 17.1 Å². The van der Waals surface area contributed by atoms with Gasteiger partial charge in [-0.1, -0.05) is 39.0 Å². The minimum Gasteiger partial charge on any atom is -0.490 e. The molecule has 0 saturated carbocycles. The van der Waals surface area contributed by atoms with E-state index in [2.05, 4.69) is 9.97 Å². The molecular weight excluding hydrogens is 646 g/mol. The predicted octanol–water partition coefficient (Wildman–Crippen LogP) is 10.3. The van der Waals surface area contributed by atoms with Crippen molar-refractivity contribution in [3.05, 3.63) is 42.2 Å². The van der Waals surface area contributed by atoms with E-state index in [0.29, 0.717) is 29.8 Å². The van der Waals surface area contributed by atoms with Crippen LogP contribution in [0, 0.1) is 0 Å². The highest BCUT2D eigenvalue weighted by atomic mass is 19.4. The number of benzene rings is 1. The van der Waals surface area contributed by atoms with Crippen molar-refractivity contribution in [2.24, 2.45) is 0 Å². The fourth-order valence-corrected chi connectivity index (χ4v) is 4.16. The number of alkyl halides is 14.